The number of carboxylic acid groups (broad SMARTS) is 2. The minimum atomic E-state index is -1.05. The fourth-order valence-corrected chi connectivity index (χ4v) is 1.48. The summed E-state index contributed by atoms with van der Waals surface area (Å²) in [5.74, 6) is -3.46. The van der Waals surface area contributed by atoms with Crippen LogP contribution in [0.15, 0.2) is 24.8 Å². The fourth-order valence-electron chi connectivity index (χ4n) is 1.48. The van der Waals surface area contributed by atoms with Crippen LogP contribution in [0.1, 0.15) is 38.5 Å². The quantitative estimate of drug-likeness (QED) is 0.126. The number of amides is 1. The molecule has 0 bridgehead atoms. The molecular weight excluding hydrogens is 340 g/mol. The van der Waals surface area contributed by atoms with E-state index in [0.29, 0.717) is 19.5 Å². The van der Waals surface area contributed by atoms with Gasteiger partial charge in [0.2, 0.25) is 5.91 Å². The summed E-state index contributed by atoms with van der Waals surface area (Å²) in [6.07, 6.45) is 6.22. The van der Waals surface area contributed by atoms with Gasteiger partial charge in [-0.25, -0.2) is 0 Å². The lowest BCUT2D eigenvalue weighted by Gasteiger charge is -2.08. The van der Waals surface area contributed by atoms with Crippen molar-refractivity contribution in [2.75, 3.05) is 13.1 Å². The van der Waals surface area contributed by atoms with E-state index >= 15 is 0 Å². The molecule has 0 aromatic rings. The molecule has 150 valence electrons. The van der Waals surface area contributed by atoms with Crippen molar-refractivity contribution >= 4 is 24.1 Å². The second kappa shape index (κ2) is 20.5. The molecule has 1 unspecified atom stereocenters. The first kappa shape index (κ1) is 28.3. The predicted molar refractivity (Wildman–Crippen MR) is 102 cm³/mol. The zero-order chi connectivity index (χ0) is 21.0. The Hall–Kier alpha value is -2.52. The van der Waals surface area contributed by atoms with Crippen molar-refractivity contribution in [1.82, 2.24) is 0 Å². The van der Waals surface area contributed by atoms with E-state index in [-0.39, 0.29) is 12.0 Å². The third kappa shape index (κ3) is 23.7. The summed E-state index contributed by atoms with van der Waals surface area (Å²) in [6.45, 7) is 7.74. The summed E-state index contributed by atoms with van der Waals surface area (Å²) in [5.41, 5.74) is 14.9. The van der Waals surface area contributed by atoms with E-state index in [4.69, 9.17) is 27.1 Å². The molecule has 0 saturated carbocycles. The topological polar surface area (TPSA) is 194 Å². The smallest absolute Gasteiger partial charge is 0.307 e. The lowest BCUT2D eigenvalue weighted by atomic mass is 9.98. The largest absolute Gasteiger partial charge is 0.481 e. The average Bonchev–Trinajstić information content (AvgIpc) is 2.59. The highest BCUT2D eigenvalue weighted by molar-refractivity contribution is 6.09. The number of carbonyl (C=O) groups is 3. The summed E-state index contributed by atoms with van der Waals surface area (Å²) in [6, 6.07) is 0. The second-order valence-electron chi connectivity index (χ2n) is 5.18. The van der Waals surface area contributed by atoms with Gasteiger partial charge in [0.05, 0.1) is 12.3 Å². The van der Waals surface area contributed by atoms with E-state index in [2.05, 4.69) is 18.9 Å². The molecule has 9 nitrogen and oxygen atoms in total. The Morgan fingerprint density at radius 1 is 1.08 bits per heavy atom. The van der Waals surface area contributed by atoms with Crippen LogP contribution in [-0.4, -0.2) is 47.4 Å². The highest BCUT2D eigenvalue weighted by atomic mass is 16.4. The van der Waals surface area contributed by atoms with E-state index < -0.39 is 23.8 Å². The van der Waals surface area contributed by atoms with Crippen molar-refractivity contribution < 1.29 is 24.6 Å². The molecule has 0 spiro atoms. The molecule has 0 aliphatic rings. The summed E-state index contributed by atoms with van der Waals surface area (Å²) in [4.78, 5) is 30.9. The standard InChI is InChI=1S/C10H19NO4.C4H6N2O.C3H7N/c11-6-4-2-1-3-5-8(10(14)15)7-9(12)13;1-3(2-5)4(6)7;1-2-3-4/h8H,1-7,11H2,(H,12,13)(H,14,15);2,5H,1H2,(H2,6,7);2H,1,3-4H2. The highest BCUT2D eigenvalue weighted by Crippen LogP contribution is 2.14. The highest BCUT2D eigenvalue weighted by Gasteiger charge is 2.19. The van der Waals surface area contributed by atoms with Crippen LogP contribution in [0.3, 0.4) is 0 Å². The van der Waals surface area contributed by atoms with Crippen LogP contribution in [-0.2, 0) is 14.4 Å². The monoisotopic (exact) mass is 372 g/mol. The number of carboxylic acids is 2. The lowest BCUT2D eigenvalue weighted by Crippen LogP contribution is -2.17. The minimum Gasteiger partial charge on any atom is -0.481 e. The molecule has 9 N–H and O–H groups in total. The summed E-state index contributed by atoms with van der Waals surface area (Å²) in [5, 5.41) is 23.6. The number of hydrogen-bond donors (Lipinski definition) is 6. The molecule has 0 saturated heterocycles. The number of nitrogens with one attached hydrogen (secondary N) is 1. The maximum absolute atomic E-state index is 10.7. The molecule has 0 rings (SSSR count). The van der Waals surface area contributed by atoms with Gasteiger partial charge < -0.3 is 32.8 Å². The number of nitrogens with two attached hydrogens (primary N) is 3. The molecule has 0 radical (unpaired) electrons. The van der Waals surface area contributed by atoms with Crippen LogP contribution in [0.2, 0.25) is 0 Å². The van der Waals surface area contributed by atoms with Gasteiger partial charge in [0.25, 0.3) is 0 Å². The molecule has 0 aromatic carbocycles. The Labute approximate surface area is 154 Å². The number of aliphatic carboxylic acids is 2. The molecule has 0 fully saturated rings. The van der Waals surface area contributed by atoms with Crippen molar-refractivity contribution in [3.63, 3.8) is 0 Å². The van der Waals surface area contributed by atoms with Crippen molar-refractivity contribution in [1.29, 1.82) is 5.41 Å². The Bertz CT molecular complexity index is 452. The van der Waals surface area contributed by atoms with Crippen LogP contribution >= 0.6 is 0 Å². The first-order valence-electron chi connectivity index (χ1n) is 8.12. The third-order valence-corrected chi connectivity index (χ3v) is 2.93. The van der Waals surface area contributed by atoms with Crippen LogP contribution in [0, 0.1) is 11.3 Å². The third-order valence-electron chi connectivity index (χ3n) is 2.93. The van der Waals surface area contributed by atoms with Gasteiger partial charge in [-0.05, 0) is 19.4 Å². The maximum Gasteiger partial charge on any atom is 0.307 e. The molecule has 9 heteroatoms. The molecule has 0 aliphatic carbocycles. The van der Waals surface area contributed by atoms with Crippen molar-refractivity contribution in [3.8, 4) is 0 Å². The Kier molecular flexibility index (Phi) is 22.3. The van der Waals surface area contributed by atoms with Crippen LogP contribution < -0.4 is 17.2 Å². The van der Waals surface area contributed by atoms with Gasteiger partial charge in [0.1, 0.15) is 0 Å². The van der Waals surface area contributed by atoms with Crippen LogP contribution in [0.4, 0.5) is 0 Å². The maximum atomic E-state index is 10.7. The lowest BCUT2D eigenvalue weighted by molar-refractivity contribution is -0.148. The number of primary amides is 1. The average molecular weight is 372 g/mol. The molecule has 0 aromatic heterocycles. The predicted octanol–water partition coefficient (Wildman–Crippen LogP) is 0.880. The SMILES string of the molecule is C=C(C=N)C(N)=O.C=CCN.NCCCCCCC(CC(=O)O)C(=O)O. The van der Waals surface area contributed by atoms with Gasteiger partial charge in [-0.15, -0.1) is 6.58 Å². The van der Waals surface area contributed by atoms with Crippen LogP contribution in [0.5, 0.6) is 0 Å². The van der Waals surface area contributed by atoms with Gasteiger partial charge in [0, 0.05) is 18.3 Å². The summed E-state index contributed by atoms with van der Waals surface area (Å²) < 4.78 is 0. The van der Waals surface area contributed by atoms with E-state index in [1.165, 1.54) is 0 Å². The normalized spacial score (nSPS) is 10.1. The van der Waals surface area contributed by atoms with Crippen LogP contribution in [0.25, 0.3) is 0 Å². The number of carbonyl (C=O) groups excluding carboxylic acids is 1. The second-order valence-corrected chi connectivity index (χ2v) is 5.18. The first-order chi connectivity index (χ1) is 12.2. The number of hydrogen-bond acceptors (Lipinski definition) is 6. The zero-order valence-electron chi connectivity index (χ0n) is 15.2. The van der Waals surface area contributed by atoms with Crippen molar-refractivity contribution in [2.24, 2.45) is 23.1 Å². The van der Waals surface area contributed by atoms with E-state index in [0.717, 1.165) is 31.9 Å². The summed E-state index contributed by atoms with van der Waals surface area (Å²) in [7, 11) is 0. The van der Waals surface area contributed by atoms with Gasteiger partial charge in [0.15, 0.2) is 0 Å². The van der Waals surface area contributed by atoms with E-state index in [9.17, 15) is 14.4 Å². The molecule has 0 aliphatic heterocycles. The number of unbranched alkanes of at least 4 members (excludes halogenated alkanes) is 3. The molecule has 1 amide bonds. The first-order valence-corrected chi connectivity index (χ1v) is 8.12. The van der Waals surface area contributed by atoms with E-state index in [1.807, 2.05) is 0 Å². The van der Waals surface area contributed by atoms with Gasteiger partial charge in [-0.3, -0.25) is 14.4 Å². The van der Waals surface area contributed by atoms with E-state index in [1.54, 1.807) is 6.08 Å². The number of rotatable bonds is 12. The molecular formula is C17H32N4O5. The Balaban J connectivity index is -0.000000397. The molecule has 26 heavy (non-hydrogen) atoms. The molecule has 1 atom stereocenters. The van der Waals surface area contributed by atoms with Crippen molar-refractivity contribution in [2.45, 2.75) is 38.5 Å². The Morgan fingerprint density at radius 2 is 1.58 bits per heavy atom. The zero-order valence-corrected chi connectivity index (χ0v) is 15.2. The van der Waals surface area contributed by atoms with Crippen molar-refractivity contribution in [3.05, 3.63) is 24.8 Å². The Morgan fingerprint density at radius 3 is 1.85 bits per heavy atom. The minimum absolute atomic E-state index is 0.0278. The van der Waals surface area contributed by atoms with Gasteiger partial charge in [-0.1, -0.05) is 31.9 Å². The van der Waals surface area contributed by atoms with Gasteiger partial charge >= 0.3 is 11.9 Å². The van der Waals surface area contributed by atoms with Gasteiger partial charge in [-0.2, -0.15) is 0 Å². The molecule has 0 heterocycles. The fraction of sp³-hybridized carbons (Fsp3) is 0.529. The summed E-state index contributed by atoms with van der Waals surface area (Å²) >= 11 is 0.